The molecule has 1 atom stereocenters. The number of rotatable bonds is 7. The minimum absolute atomic E-state index is 0.111. The van der Waals surface area contributed by atoms with Gasteiger partial charge in [0.05, 0.1) is 12.3 Å². The number of benzene rings is 2. The van der Waals surface area contributed by atoms with Crippen LogP contribution in [0.3, 0.4) is 0 Å². The predicted molar refractivity (Wildman–Crippen MR) is 161 cm³/mol. The number of hydrogen-bond acceptors (Lipinski definition) is 6. The number of nitrogens with one attached hydrogen (secondary N) is 1. The monoisotopic (exact) mass is 584 g/mol. The Bertz CT molecular complexity index is 1670. The second-order valence-electron chi connectivity index (χ2n) is 11.0. The molecule has 0 saturated carbocycles. The number of carbonyl (C=O) groups excluding carboxylic acids is 2. The maximum atomic E-state index is 14.2. The minimum atomic E-state index is -0.344. The van der Waals surface area contributed by atoms with Gasteiger partial charge in [0.25, 0.3) is 11.8 Å². The molecule has 0 spiro atoms. The van der Waals surface area contributed by atoms with Crippen molar-refractivity contribution in [3.8, 4) is 5.69 Å². The normalized spacial score (nSPS) is 16.7. The van der Waals surface area contributed by atoms with Gasteiger partial charge < -0.3 is 15.3 Å². The molecular formula is C32H33ClN6O3. The lowest BCUT2D eigenvalue weighted by atomic mass is 9.90. The molecule has 2 N–H and O–H groups in total. The van der Waals surface area contributed by atoms with Gasteiger partial charge in [0.2, 0.25) is 0 Å². The number of β-amino-alcohol motifs (C(OH)–C–C–N with tert-alkyl or cyclic N) is 1. The standard InChI is InChI=1S/C32H33ClN6O3/c1-20-8-10-34-16-23(20)17-35-31(41)29-28-9-11-38(32(42)30(28)39(36-29)26-5-3-4-24(33)15-26)25-6-7-27-21(2)18-37(12-13-40)19-22(27)14-25/h3-8,10,14-16,21,40H,9,11-13,17-19H2,1-2H3,(H,35,41)/t21-/m0/s1. The van der Waals surface area contributed by atoms with Crippen molar-refractivity contribution in [3.05, 3.63) is 105 Å². The molecule has 0 fully saturated rings. The highest BCUT2D eigenvalue weighted by Gasteiger charge is 2.35. The summed E-state index contributed by atoms with van der Waals surface area (Å²) in [7, 11) is 0. The SMILES string of the molecule is Cc1ccncc1CNC(=O)c1nn(-c2cccc(Cl)c2)c2c1CCN(c1ccc3c(c1)CN(CCO)C[C@@H]3C)C2=O. The number of aromatic nitrogens is 3. The van der Waals surface area contributed by atoms with Crippen molar-refractivity contribution >= 4 is 29.1 Å². The van der Waals surface area contributed by atoms with E-state index < -0.39 is 0 Å². The number of aliphatic hydroxyl groups excluding tert-OH is 1. The first-order valence-corrected chi connectivity index (χ1v) is 14.5. The molecule has 0 bridgehead atoms. The van der Waals surface area contributed by atoms with Crippen LogP contribution in [-0.4, -0.2) is 62.8 Å². The van der Waals surface area contributed by atoms with E-state index in [4.69, 9.17) is 11.6 Å². The van der Waals surface area contributed by atoms with E-state index in [1.165, 1.54) is 5.56 Å². The van der Waals surface area contributed by atoms with Crippen LogP contribution in [0.1, 0.15) is 61.6 Å². The van der Waals surface area contributed by atoms with Crippen LogP contribution in [0.25, 0.3) is 5.69 Å². The van der Waals surface area contributed by atoms with Crippen LogP contribution in [-0.2, 0) is 19.5 Å². The first-order chi connectivity index (χ1) is 20.3. The average Bonchev–Trinajstić information content (AvgIpc) is 3.37. The van der Waals surface area contributed by atoms with Gasteiger partial charge in [-0.1, -0.05) is 30.7 Å². The Morgan fingerprint density at radius 3 is 2.81 bits per heavy atom. The smallest absolute Gasteiger partial charge is 0.277 e. The van der Waals surface area contributed by atoms with Crippen molar-refractivity contribution in [2.45, 2.75) is 39.3 Å². The van der Waals surface area contributed by atoms with Crippen LogP contribution in [0.15, 0.2) is 60.9 Å². The Kier molecular flexibility index (Phi) is 7.81. The summed E-state index contributed by atoms with van der Waals surface area (Å²) in [5.41, 5.74) is 7.00. The topological polar surface area (TPSA) is 104 Å². The number of amides is 2. The Hall–Kier alpha value is -4.05. The number of nitrogens with zero attached hydrogens (tertiary/aromatic N) is 5. The van der Waals surface area contributed by atoms with Gasteiger partial charge in [-0.05, 0) is 77.9 Å². The molecule has 2 aliphatic rings. The number of hydrogen-bond donors (Lipinski definition) is 2. The van der Waals surface area contributed by atoms with E-state index in [1.807, 2.05) is 25.1 Å². The van der Waals surface area contributed by atoms with E-state index in [2.05, 4.69) is 39.4 Å². The predicted octanol–water partition coefficient (Wildman–Crippen LogP) is 4.27. The number of aliphatic hydroxyl groups is 1. The molecule has 2 amide bonds. The van der Waals surface area contributed by atoms with Crippen molar-refractivity contribution in [1.29, 1.82) is 0 Å². The van der Waals surface area contributed by atoms with Crippen LogP contribution in [0, 0.1) is 6.92 Å². The summed E-state index contributed by atoms with van der Waals surface area (Å²) < 4.78 is 1.55. The number of halogens is 1. The van der Waals surface area contributed by atoms with Gasteiger partial charge in [-0.2, -0.15) is 5.10 Å². The van der Waals surface area contributed by atoms with Gasteiger partial charge in [-0.25, -0.2) is 4.68 Å². The third-order valence-corrected chi connectivity index (χ3v) is 8.42. The summed E-state index contributed by atoms with van der Waals surface area (Å²) in [4.78, 5) is 35.8. The molecule has 4 aromatic rings. The summed E-state index contributed by atoms with van der Waals surface area (Å²) in [6, 6.07) is 15.2. The van der Waals surface area contributed by atoms with Crippen molar-refractivity contribution in [2.24, 2.45) is 0 Å². The molecule has 216 valence electrons. The molecule has 2 aliphatic heterocycles. The molecule has 0 aliphatic carbocycles. The fraction of sp³-hybridized carbons (Fsp3) is 0.312. The van der Waals surface area contributed by atoms with Crippen LogP contribution < -0.4 is 10.2 Å². The molecule has 2 aromatic carbocycles. The summed E-state index contributed by atoms with van der Waals surface area (Å²) in [5, 5.41) is 17.6. The molecule has 10 heteroatoms. The van der Waals surface area contributed by atoms with Crippen molar-refractivity contribution in [3.63, 3.8) is 0 Å². The van der Waals surface area contributed by atoms with E-state index in [1.54, 1.807) is 40.2 Å². The molecule has 2 aromatic heterocycles. The zero-order chi connectivity index (χ0) is 29.4. The molecule has 4 heterocycles. The van der Waals surface area contributed by atoms with E-state index in [0.29, 0.717) is 53.9 Å². The Labute approximate surface area is 249 Å². The van der Waals surface area contributed by atoms with Crippen molar-refractivity contribution in [2.75, 3.05) is 31.1 Å². The number of aryl methyl sites for hydroxylation is 1. The lowest BCUT2D eigenvalue weighted by Gasteiger charge is -2.34. The fourth-order valence-electron chi connectivity index (χ4n) is 6.00. The van der Waals surface area contributed by atoms with Gasteiger partial charge in [0.1, 0.15) is 5.69 Å². The van der Waals surface area contributed by atoms with Crippen LogP contribution >= 0.6 is 11.6 Å². The third kappa shape index (κ3) is 5.31. The van der Waals surface area contributed by atoms with E-state index in [0.717, 1.165) is 35.5 Å². The second kappa shape index (κ2) is 11.7. The second-order valence-corrected chi connectivity index (χ2v) is 11.4. The average molecular weight is 585 g/mol. The first kappa shape index (κ1) is 28.1. The van der Waals surface area contributed by atoms with Gasteiger partial charge in [-0.15, -0.1) is 0 Å². The highest BCUT2D eigenvalue weighted by Crippen LogP contribution is 2.34. The van der Waals surface area contributed by atoms with Crippen LogP contribution in [0.4, 0.5) is 5.69 Å². The Balaban J connectivity index is 1.35. The quantitative estimate of drug-likeness (QED) is 0.336. The number of fused-ring (bicyclic) bond motifs is 2. The molecule has 42 heavy (non-hydrogen) atoms. The third-order valence-electron chi connectivity index (χ3n) is 8.18. The molecule has 9 nitrogen and oxygen atoms in total. The molecule has 0 saturated heterocycles. The van der Waals surface area contributed by atoms with E-state index in [-0.39, 0.29) is 24.1 Å². The highest BCUT2D eigenvalue weighted by atomic mass is 35.5. The lowest BCUT2D eigenvalue weighted by molar-refractivity contribution is 0.0944. The van der Waals surface area contributed by atoms with Crippen LogP contribution in [0.2, 0.25) is 5.02 Å². The minimum Gasteiger partial charge on any atom is -0.395 e. The molecule has 0 unspecified atom stereocenters. The molecular weight excluding hydrogens is 552 g/mol. The highest BCUT2D eigenvalue weighted by molar-refractivity contribution is 6.30. The van der Waals surface area contributed by atoms with Crippen LogP contribution in [0.5, 0.6) is 0 Å². The lowest BCUT2D eigenvalue weighted by Crippen LogP contribution is -2.40. The van der Waals surface area contributed by atoms with Gasteiger partial charge in [0.15, 0.2) is 5.69 Å². The summed E-state index contributed by atoms with van der Waals surface area (Å²) >= 11 is 6.31. The van der Waals surface area contributed by atoms with Crippen molar-refractivity contribution in [1.82, 2.24) is 25.0 Å². The van der Waals surface area contributed by atoms with Crippen molar-refractivity contribution < 1.29 is 14.7 Å². The van der Waals surface area contributed by atoms with Gasteiger partial charge in [-0.3, -0.25) is 19.5 Å². The maximum Gasteiger partial charge on any atom is 0.277 e. The molecule has 6 rings (SSSR count). The number of pyridine rings is 1. The number of carbonyl (C=O) groups is 2. The van der Waals surface area contributed by atoms with Gasteiger partial charge in [0, 0.05) is 61.4 Å². The zero-order valence-corrected chi connectivity index (χ0v) is 24.4. The summed E-state index contributed by atoms with van der Waals surface area (Å²) in [5.74, 6) is -0.232. The van der Waals surface area contributed by atoms with E-state index in [9.17, 15) is 14.7 Å². The largest absolute Gasteiger partial charge is 0.395 e. The van der Waals surface area contributed by atoms with Gasteiger partial charge >= 0.3 is 0 Å². The zero-order valence-electron chi connectivity index (χ0n) is 23.7. The summed E-state index contributed by atoms with van der Waals surface area (Å²) in [6.45, 7) is 7.22. The Morgan fingerprint density at radius 1 is 1.17 bits per heavy atom. The van der Waals surface area contributed by atoms with E-state index >= 15 is 0 Å². The Morgan fingerprint density at radius 2 is 2.02 bits per heavy atom. The number of anilines is 1. The first-order valence-electron chi connectivity index (χ1n) is 14.2. The summed E-state index contributed by atoms with van der Waals surface area (Å²) in [6.07, 6.45) is 3.93. The fourth-order valence-corrected chi connectivity index (χ4v) is 6.19. The molecule has 0 radical (unpaired) electrons. The maximum absolute atomic E-state index is 14.2.